The highest BCUT2D eigenvalue weighted by Crippen LogP contribution is 2.37. The van der Waals surface area contributed by atoms with Crippen molar-refractivity contribution in [3.8, 4) is 5.75 Å². The van der Waals surface area contributed by atoms with Crippen molar-refractivity contribution in [2.45, 2.75) is 11.8 Å². The maximum absolute atomic E-state index is 12.6. The molecule has 1 heterocycles. The quantitative estimate of drug-likeness (QED) is 0.430. The molecule has 144 valence electrons. The van der Waals surface area contributed by atoms with Gasteiger partial charge < -0.3 is 13.8 Å². The molecular weight excluding hydrogens is 518 g/mol. The molecule has 1 aliphatic rings. The maximum Gasteiger partial charge on any atom is 0.339 e. The summed E-state index contributed by atoms with van der Waals surface area (Å²) < 4.78 is 36.9. The highest BCUT2D eigenvalue weighted by Gasteiger charge is 2.22. The van der Waals surface area contributed by atoms with E-state index in [1.54, 1.807) is 24.3 Å². The molecule has 0 bridgehead atoms. The first kappa shape index (κ1) is 20.7. The standard InChI is InChI=1S/C18H17Br2NO4S2/c1-12-2-4-14(5-3-12)27(22,23)25-17-15(19)10-13(11-16(17)20)18(26)21-6-8-24-9-7-21/h2-5,10-11H,6-9H2,1H3. The third-order valence-electron chi connectivity index (χ3n) is 4.05. The SMILES string of the molecule is Cc1ccc(S(=O)(=O)Oc2c(Br)cc(C(=S)N3CCOCC3)cc2Br)cc1. The molecule has 0 aromatic heterocycles. The van der Waals surface area contributed by atoms with E-state index in [9.17, 15) is 8.42 Å². The molecule has 0 aliphatic carbocycles. The van der Waals surface area contributed by atoms with Gasteiger partial charge in [0.2, 0.25) is 0 Å². The number of benzene rings is 2. The molecule has 1 saturated heterocycles. The second kappa shape index (κ2) is 8.57. The van der Waals surface area contributed by atoms with E-state index >= 15 is 0 Å². The molecule has 0 amide bonds. The number of hydrogen-bond acceptors (Lipinski definition) is 5. The van der Waals surface area contributed by atoms with Crippen LogP contribution in [0.1, 0.15) is 11.1 Å². The number of thiocarbonyl (C=S) groups is 1. The van der Waals surface area contributed by atoms with Crippen molar-refractivity contribution in [3.63, 3.8) is 0 Å². The van der Waals surface area contributed by atoms with Gasteiger partial charge in [-0.3, -0.25) is 0 Å². The van der Waals surface area contributed by atoms with Gasteiger partial charge in [0.25, 0.3) is 0 Å². The zero-order valence-electron chi connectivity index (χ0n) is 14.4. The molecule has 27 heavy (non-hydrogen) atoms. The Morgan fingerprint density at radius 2 is 1.67 bits per heavy atom. The zero-order chi connectivity index (χ0) is 19.6. The summed E-state index contributed by atoms with van der Waals surface area (Å²) in [6, 6.07) is 10.0. The molecule has 3 rings (SSSR count). The third kappa shape index (κ3) is 4.89. The number of rotatable bonds is 4. The number of nitrogens with zero attached hydrogens (tertiary/aromatic N) is 1. The largest absolute Gasteiger partial charge is 0.378 e. The van der Waals surface area contributed by atoms with Crippen molar-refractivity contribution in [1.82, 2.24) is 4.90 Å². The van der Waals surface area contributed by atoms with Gasteiger partial charge in [-0.05, 0) is 63.0 Å². The van der Waals surface area contributed by atoms with E-state index < -0.39 is 10.1 Å². The van der Waals surface area contributed by atoms with Crippen LogP contribution >= 0.6 is 44.1 Å². The molecule has 9 heteroatoms. The molecule has 5 nitrogen and oxygen atoms in total. The molecular formula is C18H17Br2NO4S2. The second-order valence-corrected chi connectivity index (χ2v) is 9.67. The Kier molecular flexibility index (Phi) is 6.58. The van der Waals surface area contributed by atoms with Crippen LogP contribution in [0.4, 0.5) is 0 Å². The fraction of sp³-hybridized carbons (Fsp3) is 0.278. The molecule has 2 aromatic carbocycles. The third-order valence-corrected chi connectivity index (χ3v) is 6.95. The normalized spacial score (nSPS) is 14.9. The molecule has 0 radical (unpaired) electrons. The summed E-state index contributed by atoms with van der Waals surface area (Å²) >= 11 is 12.4. The topological polar surface area (TPSA) is 55.8 Å². The molecule has 1 fully saturated rings. The lowest BCUT2D eigenvalue weighted by molar-refractivity contribution is 0.0693. The lowest BCUT2D eigenvalue weighted by atomic mass is 10.2. The van der Waals surface area contributed by atoms with Gasteiger partial charge in [0.1, 0.15) is 9.88 Å². The van der Waals surface area contributed by atoms with Crippen LogP contribution in [-0.2, 0) is 14.9 Å². The summed E-state index contributed by atoms with van der Waals surface area (Å²) in [5, 5.41) is 0. The fourth-order valence-electron chi connectivity index (χ4n) is 2.57. The van der Waals surface area contributed by atoms with E-state index in [1.807, 2.05) is 6.92 Å². The fourth-order valence-corrected chi connectivity index (χ4v) is 5.40. The van der Waals surface area contributed by atoms with Gasteiger partial charge in [-0.2, -0.15) is 8.42 Å². The van der Waals surface area contributed by atoms with E-state index in [4.69, 9.17) is 21.1 Å². The smallest absolute Gasteiger partial charge is 0.339 e. The Morgan fingerprint density at radius 1 is 1.11 bits per heavy atom. The predicted octanol–water partition coefficient (Wildman–Crippen LogP) is 4.30. The number of halogens is 2. The molecule has 0 atom stereocenters. The molecule has 1 aliphatic heterocycles. The lowest BCUT2D eigenvalue weighted by Crippen LogP contribution is -2.40. The van der Waals surface area contributed by atoms with Gasteiger partial charge in [0, 0.05) is 18.7 Å². The Bertz CT molecular complexity index is 933. The summed E-state index contributed by atoms with van der Waals surface area (Å²) in [7, 11) is -3.95. The van der Waals surface area contributed by atoms with Crippen molar-refractivity contribution < 1.29 is 17.3 Å². The highest BCUT2D eigenvalue weighted by atomic mass is 79.9. The van der Waals surface area contributed by atoms with Crippen molar-refractivity contribution in [3.05, 3.63) is 56.5 Å². The van der Waals surface area contributed by atoms with Crippen LogP contribution in [0.15, 0.2) is 50.2 Å². The summed E-state index contributed by atoms with van der Waals surface area (Å²) in [4.78, 5) is 2.85. The van der Waals surface area contributed by atoms with Gasteiger partial charge in [-0.25, -0.2) is 0 Å². The summed E-state index contributed by atoms with van der Waals surface area (Å²) in [6.45, 7) is 4.62. The zero-order valence-corrected chi connectivity index (χ0v) is 19.3. The Balaban J connectivity index is 1.86. The summed E-state index contributed by atoms with van der Waals surface area (Å²) in [5.74, 6) is 0.184. The first-order valence-corrected chi connectivity index (χ1v) is 11.6. The average molecular weight is 535 g/mol. The van der Waals surface area contributed by atoms with Crippen LogP contribution in [0.2, 0.25) is 0 Å². The van der Waals surface area contributed by atoms with Crippen LogP contribution < -0.4 is 4.18 Å². The number of ether oxygens (including phenoxy) is 1. The molecule has 0 saturated carbocycles. The number of morpholine rings is 1. The van der Waals surface area contributed by atoms with Crippen LogP contribution in [0.5, 0.6) is 5.75 Å². The maximum atomic E-state index is 12.6. The monoisotopic (exact) mass is 533 g/mol. The minimum atomic E-state index is -3.95. The molecule has 0 spiro atoms. The molecule has 0 unspecified atom stereocenters. The Labute approximate surface area is 181 Å². The average Bonchev–Trinajstić information content (AvgIpc) is 2.65. The molecule has 2 aromatic rings. The van der Waals surface area contributed by atoms with Gasteiger partial charge in [-0.1, -0.05) is 29.9 Å². The van der Waals surface area contributed by atoms with E-state index in [-0.39, 0.29) is 10.6 Å². The van der Waals surface area contributed by atoms with Gasteiger partial charge in [-0.15, -0.1) is 0 Å². The van der Waals surface area contributed by atoms with E-state index in [0.29, 0.717) is 27.1 Å². The number of hydrogen-bond donors (Lipinski definition) is 0. The van der Waals surface area contributed by atoms with Crippen molar-refractivity contribution in [2.24, 2.45) is 0 Å². The van der Waals surface area contributed by atoms with Gasteiger partial charge >= 0.3 is 10.1 Å². The predicted molar refractivity (Wildman–Crippen MR) is 115 cm³/mol. The van der Waals surface area contributed by atoms with E-state index in [1.165, 1.54) is 12.1 Å². The van der Waals surface area contributed by atoms with E-state index in [2.05, 4.69) is 36.8 Å². The van der Waals surface area contributed by atoms with Crippen LogP contribution in [0, 0.1) is 6.92 Å². The second-order valence-electron chi connectivity index (χ2n) is 6.02. The first-order valence-electron chi connectivity index (χ1n) is 8.15. The van der Waals surface area contributed by atoms with Crippen LogP contribution in [0.3, 0.4) is 0 Å². The minimum absolute atomic E-state index is 0.0971. The highest BCUT2D eigenvalue weighted by molar-refractivity contribution is 9.11. The summed E-state index contributed by atoms with van der Waals surface area (Å²) in [6.07, 6.45) is 0. The van der Waals surface area contributed by atoms with Crippen molar-refractivity contribution in [2.75, 3.05) is 26.3 Å². The summed E-state index contributed by atoms with van der Waals surface area (Å²) in [5.41, 5.74) is 1.77. The molecule has 0 N–H and O–H groups in total. The van der Waals surface area contributed by atoms with Crippen molar-refractivity contribution >= 4 is 59.2 Å². The Morgan fingerprint density at radius 3 is 2.22 bits per heavy atom. The van der Waals surface area contributed by atoms with Gasteiger partial charge in [0.15, 0.2) is 5.75 Å². The van der Waals surface area contributed by atoms with Crippen LogP contribution in [-0.4, -0.2) is 44.6 Å². The Hall–Kier alpha value is -1.00. The first-order chi connectivity index (χ1) is 12.8. The minimum Gasteiger partial charge on any atom is -0.378 e. The lowest BCUT2D eigenvalue weighted by Gasteiger charge is -2.29. The number of aryl methyl sites for hydroxylation is 1. The van der Waals surface area contributed by atoms with Crippen LogP contribution in [0.25, 0.3) is 0 Å². The van der Waals surface area contributed by atoms with Crippen molar-refractivity contribution in [1.29, 1.82) is 0 Å². The van der Waals surface area contributed by atoms with Gasteiger partial charge in [0.05, 0.1) is 22.2 Å². The van der Waals surface area contributed by atoms with E-state index in [0.717, 1.165) is 24.2 Å².